The average molecular weight is 253 g/mol. The van der Waals surface area contributed by atoms with Crippen LogP contribution < -0.4 is 5.32 Å². The van der Waals surface area contributed by atoms with Crippen molar-refractivity contribution in [2.45, 2.75) is 19.1 Å². The third-order valence-electron chi connectivity index (χ3n) is 1.89. The summed E-state index contributed by atoms with van der Waals surface area (Å²) in [6.07, 6.45) is -4.26. The molecule has 1 heterocycles. The molecule has 0 saturated heterocycles. The summed E-state index contributed by atoms with van der Waals surface area (Å²) in [5.74, 6) is 0. The second-order valence-corrected chi connectivity index (χ2v) is 4.24. The summed E-state index contributed by atoms with van der Waals surface area (Å²) in [5, 5.41) is 4.98. The molecule has 92 valence electrons. The van der Waals surface area contributed by atoms with Crippen LogP contribution in [0.2, 0.25) is 0 Å². The first-order valence-electron chi connectivity index (χ1n) is 4.94. The molecule has 16 heavy (non-hydrogen) atoms. The smallest absolute Gasteiger partial charge is 0.370 e. The van der Waals surface area contributed by atoms with Crippen molar-refractivity contribution in [3.05, 3.63) is 22.4 Å². The molecule has 0 radical (unpaired) electrons. The van der Waals surface area contributed by atoms with Crippen LogP contribution in [0.1, 0.15) is 17.8 Å². The lowest BCUT2D eigenvalue weighted by Gasteiger charge is -2.17. The van der Waals surface area contributed by atoms with Gasteiger partial charge in [0, 0.05) is 4.88 Å². The highest BCUT2D eigenvalue weighted by atomic mass is 32.1. The van der Waals surface area contributed by atoms with Gasteiger partial charge in [-0.1, -0.05) is 13.0 Å². The van der Waals surface area contributed by atoms with Gasteiger partial charge in [-0.25, -0.2) is 0 Å². The van der Waals surface area contributed by atoms with Crippen LogP contribution in [0.15, 0.2) is 17.5 Å². The predicted molar refractivity (Wildman–Crippen MR) is 57.6 cm³/mol. The Balaban J connectivity index is 2.41. The summed E-state index contributed by atoms with van der Waals surface area (Å²) in [4.78, 5) is 0.990. The van der Waals surface area contributed by atoms with Crippen molar-refractivity contribution in [2.24, 2.45) is 0 Å². The zero-order valence-electron chi connectivity index (χ0n) is 8.88. The Morgan fingerprint density at radius 1 is 1.50 bits per heavy atom. The Labute approximate surface area is 96.4 Å². The van der Waals surface area contributed by atoms with Gasteiger partial charge in [0.05, 0.1) is 12.6 Å². The number of ether oxygens (including phenoxy) is 1. The largest absolute Gasteiger partial charge is 0.411 e. The fourth-order valence-corrected chi connectivity index (χ4v) is 2.06. The molecule has 2 nitrogen and oxygen atoms in total. The van der Waals surface area contributed by atoms with Gasteiger partial charge in [0.25, 0.3) is 0 Å². The molecule has 1 unspecified atom stereocenters. The van der Waals surface area contributed by atoms with E-state index < -0.39 is 12.8 Å². The standard InChI is InChI=1S/C10H14F3NOS/c1-2-14-8(9-4-3-5-16-9)6-15-7-10(11,12)13/h3-5,8,14H,2,6-7H2,1H3. The number of rotatable bonds is 6. The van der Waals surface area contributed by atoms with E-state index in [1.165, 1.54) is 11.3 Å². The lowest BCUT2D eigenvalue weighted by Crippen LogP contribution is -2.27. The van der Waals surface area contributed by atoms with Gasteiger partial charge in [0.2, 0.25) is 0 Å². The van der Waals surface area contributed by atoms with Gasteiger partial charge in [0.15, 0.2) is 0 Å². The monoisotopic (exact) mass is 253 g/mol. The van der Waals surface area contributed by atoms with Crippen molar-refractivity contribution in [1.29, 1.82) is 0 Å². The fraction of sp³-hybridized carbons (Fsp3) is 0.600. The third kappa shape index (κ3) is 4.96. The molecule has 1 atom stereocenters. The van der Waals surface area contributed by atoms with Gasteiger partial charge in [-0.2, -0.15) is 13.2 Å². The van der Waals surface area contributed by atoms with Gasteiger partial charge < -0.3 is 10.1 Å². The minimum atomic E-state index is -4.26. The van der Waals surface area contributed by atoms with E-state index in [-0.39, 0.29) is 12.6 Å². The Morgan fingerprint density at radius 2 is 2.25 bits per heavy atom. The van der Waals surface area contributed by atoms with E-state index in [0.29, 0.717) is 6.54 Å². The molecule has 6 heteroatoms. The Morgan fingerprint density at radius 3 is 2.75 bits per heavy atom. The maximum absolute atomic E-state index is 11.9. The molecular formula is C10H14F3NOS. The molecule has 1 N–H and O–H groups in total. The predicted octanol–water partition coefficient (Wildman–Crippen LogP) is 2.98. The highest BCUT2D eigenvalue weighted by molar-refractivity contribution is 7.10. The average Bonchev–Trinajstić information content (AvgIpc) is 2.67. The number of nitrogens with one attached hydrogen (secondary N) is 1. The van der Waals surface area contributed by atoms with Crippen LogP contribution in [0.4, 0.5) is 13.2 Å². The van der Waals surface area contributed by atoms with Crippen molar-refractivity contribution in [2.75, 3.05) is 19.8 Å². The van der Waals surface area contributed by atoms with Crippen LogP contribution in [0.5, 0.6) is 0 Å². The van der Waals surface area contributed by atoms with Crippen LogP contribution in [0.3, 0.4) is 0 Å². The van der Waals surface area contributed by atoms with E-state index in [9.17, 15) is 13.2 Å². The highest BCUT2D eigenvalue weighted by Crippen LogP contribution is 2.21. The van der Waals surface area contributed by atoms with Crippen molar-refractivity contribution < 1.29 is 17.9 Å². The number of hydrogen-bond acceptors (Lipinski definition) is 3. The molecule has 0 aliphatic heterocycles. The first-order chi connectivity index (χ1) is 7.53. The topological polar surface area (TPSA) is 21.3 Å². The molecule has 1 aromatic heterocycles. The Kier molecular flexibility index (Phi) is 5.24. The zero-order chi connectivity index (χ0) is 12.0. The number of halogens is 3. The second kappa shape index (κ2) is 6.22. The molecule has 0 amide bonds. The summed E-state index contributed by atoms with van der Waals surface area (Å²) in [5.41, 5.74) is 0. The van der Waals surface area contributed by atoms with Crippen LogP contribution in [0, 0.1) is 0 Å². The molecule has 1 rings (SSSR count). The van der Waals surface area contributed by atoms with Crippen molar-refractivity contribution in [3.63, 3.8) is 0 Å². The first-order valence-corrected chi connectivity index (χ1v) is 5.82. The minimum absolute atomic E-state index is 0.0356. The molecule has 0 fully saturated rings. The molecule has 1 aromatic rings. The van der Waals surface area contributed by atoms with Crippen molar-refractivity contribution in [1.82, 2.24) is 5.32 Å². The van der Waals surface area contributed by atoms with E-state index in [0.717, 1.165) is 4.88 Å². The molecule has 0 saturated carbocycles. The number of alkyl halides is 3. The first kappa shape index (κ1) is 13.5. The Hall–Kier alpha value is -0.590. The van der Waals surface area contributed by atoms with Gasteiger partial charge in [-0.3, -0.25) is 0 Å². The lowest BCUT2D eigenvalue weighted by molar-refractivity contribution is -0.175. The third-order valence-corrected chi connectivity index (χ3v) is 2.87. The quantitative estimate of drug-likeness (QED) is 0.841. The maximum atomic E-state index is 11.9. The minimum Gasteiger partial charge on any atom is -0.370 e. The van der Waals surface area contributed by atoms with Crippen molar-refractivity contribution >= 4 is 11.3 Å². The van der Waals surface area contributed by atoms with E-state index in [1.54, 1.807) is 0 Å². The summed E-state index contributed by atoms with van der Waals surface area (Å²) < 4.78 is 40.3. The molecule has 0 aliphatic rings. The van der Waals surface area contributed by atoms with Crippen LogP contribution in [-0.4, -0.2) is 25.9 Å². The molecule has 0 bridgehead atoms. The van der Waals surface area contributed by atoms with Crippen molar-refractivity contribution in [3.8, 4) is 0 Å². The summed E-state index contributed by atoms with van der Waals surface area (Å²) in [6, 6.07) is 3.59. The maximum Gasteiger partial charge on any atom is 0.411 e. The highest BCUT2D eigenvalue weighted by Gasteiger charge is 2.28. The van der Waals surface area contributed by atoms with Crippen LogP contribution >= 0.6 is 11.3 Å². The molecule has 0 aromatic carbocycles. The summed E-state index contributed by atoms with van der Waals surface area (Å²) >= 11 is 1.51. The summed E-state index contributed by atoms with van der Waals surface area (Å²) in [7, 11) is 0. The SMILES string of the molecule is CCNC(COCC(F)(F)F)c1cccs1. The molecule has 0 aliphatic carbocycles. The zero-order valence-corrected chi connectivity index (χ0v) is 9.70. The van der Waals surface area contributed by atoms with Crippen LogP contribution in [-0.2, 0) is 4.74 Å². The van der Waals surface area contributed by atoms with E-state index in [2.05, 4.69) is 10.1 Å². The van der Waals surface area contributed by atoms with Crippen LogP contribution in [0.25, 0.3) is 0 Å². The summed E-state index contributed by atoms with van der Waals surface area (Å²) in [6.45, 7) is 1.44. The number of thiophene rings is 1. The normalized spacial score (nSPS) is 14.0. The van der Waals surface area contributed by atoms with E-state index >= 15 is 0 Å². The van der Waals surface area contributed by atoms with Gasteiger partial charge in [-0.15, -0.1) is 11.3 Å². The Bertz CT molecular complexity index is 287. The van der Waals surface area contributed by atoms with E-state index in [1.807, 2.05) is 24.4 Å². The number of likely N-dealkylation sites (N-methyl/N-ethyl adjacent to an activating group) is 1. The van der Waals surface area contributed by atoms with Gasteiger partial charge >= 0.3 is 6.18 Å². The lowest BCUT2D eigenvalue weighted by atomic mass is 10.2. The number of hydrogen-bond donors (Lipinski definition) is 1. The van der Waals surface area contributed by atoms with E-state index in [4.69, 9.17) is 0 Å². The van der Waals surface area contributed by atoms with Gasteiger partial charge in [-0.05, 0) is 18.0 Å². The fourth-order valence-electron chi connectivity index (χ4n) is 1.27. The second-order valence-electron chi connectivity index (χ2n) is 3.26. The molecule has 0 spiro atoms. The molecular weight excluding hydrogens is 239 g/mol. The van der Waals surface area contributed by atoms with Gasteiger partial charge in [0.1, 0.15) is 6.61 Å².